The lowest BCUT2D eigenvalue weighted by atomic mass is 10.1. The number of likely N-dealkylation sites (N-methyl/N-ethyl adjacent to an activating group) is 2. The first-order chi connectivity index (χ1) is 8.76. The van der Waals surface area contributed by atoms with E-state index in [2.05, 4.69) is 51.4 Å². The van der Waals surface area contributed by atoms with E-state index < -0.39 is 0 Å². The van der Waals surface area contributed by atoms with Crippen LogP contribution in [0.2, 0.25) is 0 Å². The van der Waals surface area contributed by atoms with Crippen molar-refractivity contribution in [2.24, 2.45) is 0 Å². The fourth-order valence-electron chi connectivity index (χ4n) is 2.36. The number of hydrogen-bond acceptors (Lipinski definition) is 4. The fraction of sp³-hybridized carbons (Fsp3) is 0.692. The molecule has 0 aliphatic carbocycles. The second kappa shape index (κ2) is 7.01. The minimum absolute atomic E-state index is 0.244. The summed E-state index contributed by atoms with van der Waals surface area (Å²) in [5.41, 5.74) is 0. The van der Waals surface area contributed by atoms with Crippen molar-refractivity contribution in [1.82, 2.24) is 10.2 Å². The Morgan fingerprint density at radius 1 is 1.61 bits per heavy atom. The summed E-state index contributed by atoms with van der Waals surface area (Å²) in [6.07, 6.45) is 0.244. The van der Waals surface area contributed by atoms with E-state index in [0.717, 1.165) is 32.8 Å². The van der Waals surface area contributed by atoms with E-state index in [9.17, 15) is 0 Å². The molecular formula is C13H21BrN2OS. The number of morpholine rings is 1. The van der Waals surface area contributed by atoms with Crippen LogP contribution in [0, 0.1) is 0 Å². The summed E-state index contributed by atoms with van der Waals surface area (Å²) in [7, 11) is 0. The molecule has 2 heterocycles. The lowest BCUT2D eigenvalue weighted by Gasteiger charge is -2.36. The molecule has 1 saturated heterocycles. The van der Waals surface area contributed by atoms with Gasteiger partial charge in [0, 0.05) is 22.4 Å². The molecule has 0 saturated carbocycles. The van der Waals surface area contributed by atoms with Crippen molar-refractivity contribution in [2.75, 3.05) is 32.8 Å². The summed E-state index contributed by atoms with van der Waals surface area (Å²) in [5, 5.41) is 5.70. The van der Waals surface area contributed by atoms with Crippen LogP contribution in [0.25, 0.3) is 0 Å². The molecule has 0 spiro atoms. The Bertz CT molecular complexity index is 372. The molecule has 0 aromatic carbocycles. The molecule has 1 N–H and O–H groups in total. The van der Waals surface area contributed by atoms with E-state index in [1.807, 2.05) is 0 Å². The molecule has 1 aliphatic heterocycles. The number of rotatable bonds is 5. The van der Waals surface area contributed by atoms with Crippen LogP contribution >= 0.6 is 27.3 Å². The molecule has 0 amide bonds. The first kappa shape index (κ1) is 14.5. The van der Waals surface area contributed by atoms with Crippen molar-refractivity contribution in [1.29, 1.82) is 0 Å². The number of ether oxygens (including phenoxy) is 1. The number of thiophene rings is 1. The maximum absolute atomic E-state index is 5.99. The molecular weight excluding hydrogens is 312 g/mol. The smallest absolute Gasteiger partial charge is 0.0905 e. The second-order valence-electron chi connectivity index (χ2n) is 4.47. The molecule has 1 aromatic heterocycles. The van der Waals surface area contributed by atoms with Gasteiger partial charge in [0.05, 0.1) is 18.8 Å². The summed E-state index contributed by atoms with van der Waals surface area (Å²) in [6.45, 7) is 9.32. The predicted molar refractivity (Wildman–Crippen MR) is 80.3 cm³/mol. The SMILES string of the molecule is CCNC(c1sccc1Br)C1CN(CC)CCO1. The second-order valence-corrected chi connectivity index (χ2v) is 6.27. The van der Waals surface area contributed by atoms with Crippen molar-refractivity contribution >= 4 is 27.3 Å². The predicted octanol–water partition coefficient (Wildman–Crippen LogP) is 2.88. The Labute approximate surface area is 122 Å². The molecule has 2 unspecified atom stereocenters. The van der Waals surface area contributed by atoms with Crippen LogP contribution in [0.1, 0.15) is 24.8 Å². The van der Waals surface area contributed by atoms with Gasteiger partial charge in [0.25, 0.3) is 0 Å². The Kier molecular flexibility index (Phi) is 5.63. The number of nitrogens with one attached hydrogen (secondary N) is 1. The van der Waals surface area contributed by atoms with Crippen LogP contribution in [0.3, 0.4) is 0 Å². The first-order valence-corrected chi connectivity index (χ1v) is 8.23. The Morgan fingerprint density at radius 3 is 3.06 bits per heavy atom. The average molecular weight is 333 g/mol. The van der Waals surface area contributed by atoms with Crippen LogP contribution < -0.4 is 5.32 Å². The Hall–Kier alpha value is 0.0600. The van der Waals surface area contributed by atoms with E-state index >= 15 is 0 Å². The van der Waals surface area contributed by atoms with Gasteiger partial charge in [-0.25, -0.2) is 0 Å². The van der Waals surface area contributed by atoms with Crippen molar-refractivity contribution in [2.45, 2.75) is 26.0 Å². The molecule has 2 atom stereocenters. The summed E-state index contributed by atoms with van der Waals surface area (Å²) in [5.74, 6) is 0. The van der Waals surface area contributed by atoms with E-state index in [1.54, 1.807) is 11.3 Å². The zero-order valence-corrected chi connectivity index (χ0v) is 13.4. The lowest BCUT2D eigenvalue weighted by molar-refractivity contribution is -0.0448. The summed E-state index contributed by atoms with van der Waals surface area (Å²) >= 11 is 5.43. The topological polar surface area (TPSA) is 24.5 Å². The maximum Gasteiger partial charge on any atom is 0.0905 e. The summed E-state index contributed by atoms with van der Waals surface area (Å²) < 4.78 is 7.18. The molecule has 5 heteroatoms. The standard InChI is InChI=1S/C13H21BrN2OS/c1-3-15-12(13-10(14)5-8-18-13)11-9-16(4-2)6-7-17-11/h5,8,11-12,15H,3-4,6-7,9H2,1-2H3. The van der Waals surface area contributed by atoms with E-state index in [-0.39, 0.29) is 6.10 Å². The Balaban J connectivity index is 2.12. The van der Waals surface area contributed by atoms with Gasteiger partial charge in [0.1, 0.15) is 0 Å². The number of halogens is 1. The summed E-state index contributed by atoms with van der Waals surface area (Å²) in [6, 6.07) is 2.41. The molecule has 1 aliphatic rings. The number of hydrogen-bond donors (Lipinski definition) is 1. The monoisotopic (exact) mass is 332 g/mol. The zero-order chi connectivity index (χ0) is 13.0. The van der Waals surface area contributed by atoms with Crippen LogP contribution in [-0.2, 0) is 4.74 Å². The highest BCUT2D eigenvalue weighted by Crippen LogP contribution is 2.32. The lowest BCUT2D eigenvalue weighted by Crippen LogP contribution is -2.47. The third-order valence-electron chi connectivity index (χ3n) is 3.35. The van der Waals surface area contributed by atoms with Crippen LogP contribution in [0.15, 0.2) is 15.9 Å². The van der Waals surface area contributed by atoms with Crippen LogP contribution in [-0.4, -0.2) is 43.8 Å². The van der Waals surface area contributed by atoms with Gasteiger partial charge in [-0.05, 0) is 40.5 Å². The third-order valence-corrected chi connectivity index (χ3v) is 5.30. The third kappa shape index (κ3) is 3.33. The highest BCUT2D eigenvalue weighted by molar-refractivity contribution is 9.10. The summed E-state index contributed by atoms with van der Waals surface area (Å²) in [4.78, 5) is 3.81. The zero-order valence-electron chi connectivity index (χ0n) is 11.0. The average Bonchev–Trinajstić information content (AvgIpc) is 2.82. The quantitative estimate of drug-likeness (QED) is 0.897. The van der Waals surface area contributed by atoms with Crippen LogP contribution in [0.4, 0.5) is 0 Å². The number of nitrogens with zero attached hydrogens (tertiary/aromatic N) is 1. The largest absolute Gasteiger partial charge is 0.374 e. The minimum Gasteiger partial charge on any atom is -0.374 e. The molecule has 1 aromatic rings. The Morgan fingerprint density at radius 2 is 2.44 bits per heavy atom. The molecule has 18 heavy (non-hydrogen) atoms. The van der Waals surface area contributed by atoms with Crippen molar-refractivity contribution in [3.8, 4) is 0 Å². The van der Waals surface area contributed by atoms with E-state index in [4.69, 9.17) is 4.74 Å². The normalized spacial score (nSPS) is 23.2. The van der Waals surface area contributed by atoms with Gasteiger partial charge < -0.3 is 10.1 Å². The maximum atomic E-state index is 5.99. The molecule has 1 fully saturated rings. The van der Waals surface area contributed by atoms with Crippen molar-refractivity contribution < 1.29 is 4.74 Å². The highest BCUT2D eigenvalue weighted by Gasteiger charge is 2.30. The highest BCUT2D eigenvalue weighted by atomic mass is 79.9. The van der Waals surface area contributed by atoms with Crippen molar-refractivity contribution in [3.05, 3.63) is 20.8 Å². The van der Waals surface area contributed by atoms with E-state index in [0.29, 0.717) is 6.04 Å². The van der Waals surface area contributed by atoms with Gasteiger partial charge in [0.15, 0.2) is 0 Å². The molecule has 2 rings (SSSR count). The van der Waals surface area contributed by atoms with Crippen molar-refractivity contribution in [3.63, 3.8) is 0 Å². The first-order valence-electron chi connectivity index (χ1n) is 6.56. The van der Waals surface area contributed by atoms with Gasteiger partial charge in [-0.3, -0.25) is 4.90 Å². The molecule has 0 bridgehead atoms. The van der Waals surface area contributed by atoms with Gasteiger partial charge in [-0.1, -0.05) is 13.8 Å². The van der Waals surface area contributed by atoms with E-state index in [1.165, 1.54) is 9.35 Å². The van der Waals surface area contributed by atoms with Gasteiger partial charge in [-0.15, -0.1) is 11.3 Å². The molecule has 3 nitrogen and oxygen atoms in total. The van der Waals surface area contributed by atoms with Gasteiger partial charge in [-0.2, -0.15) is 0 Å². The fourth-order valence-corrected chi connectivity index (χ4v) is 4.11. The molecule has 102 valence electrons. The minimum atomic E-state index is 0.244. The van der Waals surface area contributed by atoms with Crippen LogP contribution in [0.5, 0.6) is 0 Å². The van der Waals surface area contributed by atoms with Gasteiger partial charge >= 0.3 is 0 Å². The molecule has 0 radical (unpaired) electrons. The van der Waals surface area contributed by atoms with Gasteiger partial charge in [0.2, 0.25) is 0 Å².